The number of amides is 1. The lowest BCUT2D eigenvalue weighted by Crippen LogP contribution is -2.50. The highest BCUT2D eigenvalue weighted by Gasteiger charge is 2.44. The van der Waals surface area contributed by atoms with E-state index in [1.165, 1.54) is 0 Å². The van der Waals surface area contributed by atoms with Crippen LogP contribution in [-0.4, -0.2) is 43.9 Å². The van der Waals surface area contributed by atoms with Crippen LogP contribution in [0.1, 0.15) is 31.7 Å². The summed E-state index contributed by atoms with van der Waals surface area (Å²) in [6.07, 6.45) is 2.96. The molecule has 1 aromatic carbocycles. The number of hydrogen-bond acceptors (Lipinski definition) is 4. The summed E-state index contributed by atoms with van der Waals surface area (Å²) < 4.78 is 10.5. The van der Waals surface area contributed by atoms with Crippen molar-refractivity contribution in [3.8, 4) is 5.75 Å². The monoisotopic (exact) mass is 349 g/mol. The van der Waals surface area contributed by atoms with Crippen molar-refractivity contribution in [2.45, 2.75) is 32.6 Å². The van der Waals surface area contributed by atoms with E-state index in [1.807, 2.05) is 31.2 Å². The van der Waals surface area contributed by atoms with Crippen LogP contribution in [0.4, 0.5) is 0 Å². The average Bonchev–Trinajstić information content (AvgIpc) is 2.56. The molecule has 1 fully saturated rings. The quantitative estimate of drug-likeness (QED) is 0.677. The first-order chi connectivity index (χ1) is 12.0. The highest BCUT2D eigenvalue weighted by molar-refractivity contribution is 5.84. The summed E-state index contributed by atoms with van der Waals surface area (Å²) in [5.74, 6) is -0.915. The number of aliphatic carboxylic acids is 1. The maximum atomic E-state index is 12.4. The summed E-state index contributed by atoms with van der Waals surface area (Å²) in [5, 5.41) is 12.3. The van der Waals surface area contributed by atoms with E-state index in [9.17, 15) is 14.7 Å². The molecule has 0 heterocycles. The zero-order valence-electron chi connectivity index (χ0n) is 14.9. The summed E-state index contributed by atoms with van der Waals surface area (Å²) in [6.45, 7) is 3.00. The van der Waals surface area contributed by atoms with Crippen LogP contribution in [0.5, 0.6) is 5.75 Å². The van der Waals surface area contributed by atoms with Crippen LogP contribution < -0.4 is 10.1 Å². The summed E-state index contributed by atoms with van der Waals surface area (Å²) in [5.41, 5.74) is 0.428. The molecular formula is C19H27NO5. The molecule has 1 aliphatic carbocycles. The fraction of sp³-hybridized carbons (Fsp3) is 0.579. The van der Waals surface area contributed by atoms with E-state index in [0.29, 0.717) is 19.6 Å². The van der Waals surface area contributed by atoms with E-state index >= 15 is 0 Å². The molecule has 0 spiro atoms. The lowest BCUT2D eigenvalue weighted by atomic mass is 9.68. The SMILES string of the molecule is CCOc1ccc(CC(CNC(=O)C2(COC)CCC2)C(=O)O)cc1. The Labute approximate surface area is 148 Å². The van der Waals surface area contributed by atoms with E-state index in [2.05, 4.69) is 5.32 Å². The topological polar surface area (TPSA) is 84.9 Å². The minimum Gasteiger partial charge on any atom is -0.494 e. The maximum absolute atomic E-state index is 12.4. The van der Waals surface area contributed by atoms with Gasteiger partial charge in [-0.2, -0.15) is 0 Å². The number of ether oxygens (including phenoxy) is 2. The standard InChI is InChI=1S/C19H27NO5/c1-3-25-16-7-5-14(6-8-16)11-15(17(21)22)12-20-18(23)19(13-24-2)9-4-10-19/h5-8,15H,3-4,9-13H2,1-2H3,(H,20,23)(H,21,22). The maximum Gasteiger partial charge on any atom is 0.308 e. The number of carbonyl (C=O) groups is 2. The number of carboxylic acids is 1. The molecule has 0 aromatic heterocycles. The molecule has 1 atom stereocenters. The molecule has 1 aliphatic rings. The minimum absolute atomic E-state index is 0.0986. The van der Waals surface area contributed by atoms with E-state index < -0.39 is 17.3 Å². The van der Waals surface area contributed by atoms with E-state index in [0.717, 1.165) is 30.6 Å². The molecule has 2 rings (SSSR count). The Bertz CT molecular complexity index is 580. The highest BCUT2D eigenvalue weighted by Crippen LogP contribution is 2.41. The lowest BCUT2D eigenvalue weighted by Gasteiger charge is -2.39. The van der Waals surface area contributed by atoms with E-state index in [4.69, 9.17) is 9.47 Å². The average molecular weight is 349 g/mol. The Morgan fingerprint density at radius 3 is 2.44 bits per heavy atom. The molecule has 2 N–H and O–H groups in total. The van der Waals surface area contributed by atoms with Crippen molar-refractivity contribution in [1.29, 1.82) is 0 Å². The largest absolute Gasteiger partial charge is 0.494 e. The highest BCUT2D eigenvalue weighted by atomic mass is 16.5. The molecule has 138 valence electrons. The summed E-state index contributed by atoms with van der Waals surface area (Å²) in [4.78, 5) is 24.0. The molecule has 0 radical (unpaired) electrons. The van der Waals surface area contributed by atoms with Crippen LogP contribution in [0.3, 0.4) is 0 Å². The number of benzene rings is 1. The van der Waals surface area contributed by atoms with Gasteiger partial charge >= 0.3 is 5.97 Å². The van der Waals surface area contributed by atoms with Gasteiger partial charge in [-0.05, 0) is 43.9 Å². The molecule has 1 unspecified atom stereocenters. The third kappa shape index (κ3) is 4.95. The van der Waals surface area contributed by atoms with Gasteiger partial charge in [0, 0.05) is 13.7 Å². The molecule has 25 heavy (non-hydrogen) atoms. The molecule has 0 bridgehead atoms. The lowest BCUT2D eigenvalue weighted by molar-refractivity contribution is -0.143. The third-order valence-corrected chi connectivity index (χ3v) is 4.79. The van der Waals surface area contributed by atoms with Gasteiger partial charge < -0.3 is 19.9 Å². The number of rotatable bonds is 10. The van der Waals surface area contributed by atoms with Crippen LogP contribution in [0.2, 0.25) is 0 Å². The van der Waals surface area contributed by atoms with Gasteiger partial charge in [0.05, 0.1) is 24.5 Å². The summed E-state index contributed by atoms with van der Waals surface area (Å²) in [6, 6.07) is 7.39. The Hall–Kier alpha value is -2.08. The zero-order chi connectivity index (χ0) is 18.3. The second kappa shape index (κ2) is 8.85. The molecule has 1 amide bonds. The Morgan fingerprint density at radius 1 is 1.28 bits per heavy atom. The van der Waals surface area contributed by atoms with Crippen molar-refractivity contribution in [3.05, 3.63) is 29.8 Å². The second-order valence-electron chi connectivity index (χ2n) is 6.59. The van der Waals surface area contributed by atoms with Gasteiger partial charge in [-0.1, -0.05) is 18.6 Å². The molecule has 6 nitrogen and oxygen atoms in total. The zero-order valence-corrected chi connectivity index (χ0v) is 14.9. The predicted octanol–water partition coefficient (Wildman–Crippen LogP) is 2.26. The molecule has 1 aromatic rings. The van der Waals surface area contributed by atoms with Crippen molar-refractivity contribution < 1.29 is 24.2 Å². The first-order valence-electron chi connectivity index (χ1n) is 8.72. The van der Waals surface area contributed by atoms with Crippen LogP contribution in [0, 0.1) is 11.3 Å². The van der Waals surface area contributed by atoms with Gasteiger partial charge in [0.25, 0.3) is 0 Å². The number of carboxylic acid groups (broad SMARTS) is 1. The molecule has 0 saturated heterocycles. The second-order valence-corrected chi connectivity index (χ2v) is 6.59. The van der Waals surface area contributed by atoms with Gasteiger partial charge in [-0.3, -0.25) is 9.59 Å². The molecule has 1 saturated carbocycles. The normalized spacial score (nSPS) is 16.6. The van der Waals surface area contributed by atoms with E-state index in [-0.39, 0.29) is 12.5 Å². The van der Waals surface area contributed by atoms with Crippen molar-refractivity contribution in [3.63, 3.8) is 0 Å². The van der Waals surface area contributed by atoms with Crippen molar-refractivity contribution in [2.75, 3.05) is 26.9 Å². The number of hydrogen-bond donors (Lipinski definition) is 2. The van der Waals surface area contributed by atoms with Crippen molar-refractivity contribution in [1.82, 2.24) is 5.32 Å². The first-order valence-corrected chi connectivity index (χ1v) is 8.72. The van der Waals surface area contributed by atoms with Crippen LogP contribution in [0.25, 0.3) is 0 Å². The van der Waals surface area contributed by atoms with Crippen LogP contribution in [-0.2, 0) is 20.7 Å². The van der Waals surface area contributed by atoms with Crippen LogP contribution >= 0.6 is 0 Å². The van der Waals surface area contributed by atoms with E-state index in [1.54, 1.807) is 7.11 Å². The Balaban J connectivity index is 1.92. The smallest absolute Gasteiger partial charge is 0.308 e. The first kappa shape index (κ1) is 19.2. The minimum atomic E-state index is -0.913. The van der Waals surface area contributed by atoms with Gasteiger partial charge in [-0.15, -0.1) is 0 Å². The van der Waals surface area contributed by atoms with Gasteiger partial charge in [0.1, 0.15) is 5.75 Å². The fourth-order valence-electron chi connectivity index (χ4n) is 3.14. The van der Waals surface area contributed by atoms with Crippen molar-refractivity contribution in [2.24, 2.45) is 11.3 Å². The Morgan fingerprint density at radius 2 is 1.96 bits per heavy atom. The Kier molecular flexibility index (Phi) is 6.82. The van der Waals surface area contributed by atoms with Gasteiger partial charge in [-0.25, -0.2) is 0 Å². The summed E-state index contributed by atoms with van der Waals surface area (Å²) >= 11 is 0. The molecule has 0 aliphatic heterocycles. The molecular weight excluding hydrogens is 322 g/mol. The molecule has 6 heteroatoms. The fourth-order valence-corrected chi connectivity index (χ4v) is 3.14. The number of nitrogens with one attached hydrogen (secondary N) is 1. The van der Waals surface area contributed by atoms with Gasteiger partial charge in [0.2, 0.25) is 5.91 Å². The third-order valence-electron chi connectivity index (χ3n) is 4.79. The predicted molar refractivity (Wildman–Crippen MR) is 93.6 cm³/mol. The summed E-state index contributed by atoms with van der Waals surface area (Å²) in [7, 11) is 1.58. The van der Waals surface area contributed by atoms with Crippen molar-refractivity contribution >= 4 is 11.9 Å². The van der Waals surface area contributed by atoms with Gasteiger partial charge in [0.15, 0.2) is 0 Å². The number of carbonyl (C=O) groups excluding carboxylic acids is 1. The van der Waals surface area contributed by atoms with Crippen LogP contribution in [0.15, 0.2) is 24.3 Å². The number of methoxy groups -OCH3 is 1.